The zero-order chi connectivity index (χ0) is 22.1. The summed E-state index contributed by atoms with van der Waals surface area (Å²) in [6, 6.07) is 10.2. The van der Waals surface area contributed by atoms with Gasteiger partial charge in [-0.1, -0.05) is 12.1 Å². The Morgan fingerprint density at radius 1 is 0.613 bits per heavy atom. The molecule has 0 saturated carbocycles. The molecule has 0 fully saturated rings. The fourth-order valence-corrected chi connectivity index (χ4v) is 3.74. The van der Waals surface area contributed by atoms with Crippen LogP contribution in [0.4, 0.5) is 0 Å². The van der Waals surface area contributed by atoms with Gasteiger partial charge < -0.3 is 9.47 Å². The summed E-state index contributed by atoms with van der Waals surface area (Å²) in [5.41, 5.74) is 3.12. The maximum Gasteiger partial charge on any atom is 0.200 e. The van der Waals surface area contributed by atoms with Gasteiger partial charge in [0.05, 0.1) is 25.7 Å². The van der Waals surface area contributed by atoms with Gasteiger partial charge in [0.25, 0.3) is 0 Å². The zero-order valence-corrected chi connectivity index (χ0v) is 17.2. The van der Waals surface area contributed by atoms with E-state index in [2.05, 4.69) is 0 Å². The first-order valence-corrected chi connectivity index (χ1v) is 10.0. The molecule has 0 bridgehead atoms. The van der Waals surface area contributed by atoms with Crippen LogP contribution in [0.3, 0.4) is 0 Å². The molecule has 6 nitrogen and oxygen atoms in total. The van der Waals surface area contributed by atoms with Gasteiger partial charge >= 0.3 is 0 Å². The molecule has 0 aromatic heterocycles. The average molecular weight is 416 g/mol. The van der Waals surface area contributed by atoms with Crippen LogP contribution >= 0.6 is 0 Å². The Hall–Kier alpha value is -3.80. The van der Waals surface area contributed by atoms with E-state index in [1.54, 1.807) is 50.2 Å². The van der Waals surface area contributed by atoms with Gasteiger partial charge in [-0.05, 0) is 55.7 Å². The second kappa shape index (κ2) is 8.14. The Morgan fingerprint density at radius 2 is 1.00 bits per heavy atom. The molecule has 0 aliphatic heterocycles. The van der Waals surface area contributed by atoms with E-state index >= 15 is 0 Å². The number of carbonyl (C=O) groups is 4. The summed E-state index contributed by atoms with van der Waals surface area (Å²) >= 11 is 0. The van der Waals surface area contributed by atoms with Gasteiger partial charge in [-0.2, -0.15) is 0 Å². The van der Waals surface area contributed by atoms with E-state index in [1.165, 1.54) is 12.5 Å². The summed E-state index contributed by atoms with van der Waals surface area (Å²) < 4.78 is 10.3. The standard InChI is InChI=1S/C25H20O6/c1-3-30-12-20-22(26)16-7-5-14(10-18(16)24(20)28)9-15-6-8-17-19(11-15)25(29)21(23(17)27)13-31-4-2/h5-8,10-13H,3-4,9H2,1-2H3/b20-12-,21-13-. The van der Waals surface area contributed by atoms with Crippen molar-refractivity contribution in [2.45, 2.75) is 20.3 Å². The maximum absolute atomic E-state index is 12.6. The fraction of sp³-hybridized carbons (Fsp3) is 0.200. The number of ether oxygens (including phenoxy) is 2. The summed E-state index contributed by atoms with van der Waals surface area (Å²) in [4.78, 5) is 50.1. The average Bonchev–Trinajstić information content (AvgIpc) is 3.15. The summed E-state index contributed by atoms with van der Waals surface area (Å²) in [7, 11) is 0. The molecule has 2 aromatic rings. The molecule has 0 atom stereocenters. The van der Waals surface area contributed by atoms with Gasteiger partial charge in [0, 0.05) is 22.3 Å². The van der Waals surface area contributed by atoms with Gasteiger partial charge in [-0.15, -0.1) is 0 Å². The van der Waals surface area contributed by atoms with Crippen molar-refractivity contribution >= 4 is 23.1 Å². The molecule has 156 valence electrons. The lowest BCUT2D eigenvalue weighted by molar-refractivity contribution is 0.0964. The SMILES string of the molecule is CCO/C=C1/C(=O)c2ccc(Cc3ccc4c(c3)C(=O)/C(=C\OCC)C4=O)cc2C1=O. The van der Waals surface area contributed by atoms with Gasteiger partial charge in [-0.25, -0.2) is 0 Å². The number of benzene rings is 2. The topological polar surface area (TPSA) is 86.7 Å². The van der Waals surface area contributed by atoms with Crippen LogP contribution in [0, 0.1) is 0 Å². The van der Waals surface area contributed by atoms with Crippen LogP contribution in [-0.2, 0) is 15.9 Å². The highest BCUT2D eigenvalue weighted by molar-refractivity contribution is 6.40. The Bertz CT molecular complexity index is 1100. The van der Waals surface area contributed by atoms with E-state index in [9.17, 15) is 19.2 Å². The van der Waals surface area contributed by atoms with Crippen molar-refractivity contribution in [1.29, 1.82) is 0 Å². The summed E-state index contributed by atoms with van der Waals surface area (Å²) in [5, 5.41) is 0. The molecule has 0 amide bonds. The van der Waals surface area contributed by atoms with Gasteiger partial charge in [0.15, 0.2) is 0 Å². The minimum absolute atomic E-state index is 0.0317. The third-order valence-corrected chi connectivity index (χ3v) is 5.27. The molecule has 6 heteroatoms. The Morgan fingerprint density at radius 3 is 1.39 bits per heavy atom. The molecule has 0 radical (unpaired) electrons. The van der Waals surface area contributed by atoms with E-state index in [0.717, 1.165) is 11.1 Å². The first-order chi connectivity index (χ1) is 15.0. The Labute approximate surface area is 179 Å². The minimum atomic E-state index is -0.351. The van der Waals surface area contributed by atoms with Crippen molar-refractivity contribution in [3.05, 3.63) is 93.4 Å². The number of rotatable bonds is 6. The van der Waals surface area contributed by atoms with Crippen LogP contribution in [0.5, 0.6) is 0 Å². The lowest BCUT2D eigenvalue weighted by atomic mass is 9.97. The van der Waals surface area contributed by atoms with E-state index in [1.807, 2.05) is 0 Å². The van der Waals surface area contributed by atoms with Crippen LogP contribution in [0.1, 0.15) is 66.4 Å². The number of allylic oxidation sites excluding steroid dienone is 2. The normalized spacial score (nSPS) is 17.5. The Kier molecular flexibility index (Phi) is 5.38. The third kappa shape index (κ3) is 3.50. The van der Waals surface area contributed by atoms with E-state index in [4.69, 9.17) is 9.47 Å². The van der Waals surface area contributed by atoms with Crippen LogP contribution in [0.25, 0.3) is 0 Å². The first kappa shape index (κ1) is 20.5. The quantitative estimate of drug-likeness (QED) is 0.404. The molecular formula is C25H20O6. The lowest BCUT2D eigenvalue weighted by Gasteiger charge is -2.06. The van der Waals surface area contributed by atoms with Crippen LogP contribution in [0.2, 0.25) is 0 Å². The predicted octanol–water partition coefficient (Wildman–Crippen LogP) is 3.88. The second-order valence-corrected chi connectivity index (χ2v) is 7.23. The predicted molar refractivity (Wildman–Crippen MR) is 112 cm³/mol. The van der Waals surface area contributed by atoms with Crippen LogP contribution in [-0.4, -0.2) is 36.3 Å². The van der Waals surface area contributed by atoms with E-state index in [-0.39, 0.29) is 34.3 Å². The molecular weight excluding hydrogens is 396 g/mol. The third-order valence-electron chi connectivity index (χ3n) is 5.27. The fourth-order valence-electron chi connectivity index (χ4n) is 3.74. The van der Waals surface area contributed by atoms with Gasteiger partial charge in [0.1, 0.15) is 11.1 Å². The zero-order valence-electron chi connectivity index (χ0n) is 17.2. The monoisotopic (exact) mass is 416 g/mol. The molecule has 0 N–H and O–H groups in total. The number of fused-ring (bicyclic) bond motifs is 2. The van der Waals surface area contributed by atoms with Crippen molar-refractivity contribution < 1.29 is 28.7 Å². The second-order valence-electron chi connectivity index (χ2n) is 7.23. The van der Waals surface area contributed by atoms with Crippen molar-refractivity contribution in [3.8, 4) is 0 Å². The molecule has 0 saturated heterocycles. The summed E-state index contributed by atoms with van der Waals surface area (Å²) in [5.74, 6) is -1.38. The van der Waals surface area contributed by atoms with Crippen molar-refractivity contribution in [1.82, 2.24) is 0 Å². The number of hydrogen-bond donors (Lipinski definition) is 0. The number of carbonyl (C=O) groups excluding carboxylic acids is 4. The largest absolute Gasteiger partial charge is 0.501 e. The van der Waals surface area contributed by atoms with Crippen LogP contribution in [0.15, 0.2) is 60.1 Å². The Balaban J connectivity index is 1.61. The van der Waals surface area contributed by atoms with E-state index < -0.39 is 0 Å². The molecule has 31 heavy (non-hydrogen) atoms. The number of Topliss-reactive ketones (excluding diaryl/α,β-unsaturated/α-hetero) is 4. The van der Waals surface area contributed by atoms with Crippen LogP contribution < -0.4 is 0 Å². The maximum atomic E-state index is 12.6. The smallest absolute Gasteiger partial charge is 0.200 e. The number of hydrogen-bond acceptors (Lipinski definition) is 6. The highest BCUT2D eigenvalue weighted by atomic mass is 16.5. The summed E-state index contributed by atoms with van der Waals surface area (Å²) in [6.07, 6.45) is 2.89. The first-order valence-electron chi connectivity index (χ1n) is 10.0. The molecule has 0 unspecified atom stereocenters. The van der Waals surface area contributed by atoms with Gasteiger partial charge in [-0.3, -0.25) is 19.2 Å². The van der Waals surface area contributed by atoms with Crippen molar-refractivity contribution in [3.63, 3.8) is 0 Å². The lowest BCUT2D eigenvalue weighted by Crippen LogP contribution is -2.01. The van der Waals surface area contributed by atoms with E-state index in [0.29, 0.717) is 41.9 Å². The molecule has 2 aliphatic rings. The molecule has 2 aliphatic carbocycles. The minimum Gasteiger partial charge on any atom is -0.501 e. The highest BCUT2D eigenvalue weighted by Gasteiger charge is 2.35. The molecule has 2 aromatic carbocycles. The summed E-state index contributed by atoms with van der Waals surface area (Å²) in [6.45, 7) is 4.28. The van der Waals surface area contributed by atoms with Crippen molar-refractivity contribution in [2.24, 2.45) is 0 Å². The van der Waals surface area contributed by atoms with Gasteiger partial charge in [0.2, 0.25) is 23.1 Å². The molecule has 4 rings (SSSR count). The number of ketones is 4. The molecule has 0 heterocycles. The highest BCUT2D eigenvalue weighted by Crippen LogP contribution is 2.30. The van der Waals surface area contributed by atoms with Crippen molar-refractivity contribution in [2.75, 3.05) is 13.2 Å². The molecule has 0 spiro atoms.